The molecular formula is C24H27NO7S. The Labute approximate surface area is 193 Å². The Morgan fingerprint density at radius 1 is 1.00 bits per heavy atom. The van der Waals surface area contributed by atoms with Gasteiger partial charge in [-0.25, -0.2) is 4.79 Å². The standard InChI is InChI=1S/C24H27NO7S/c1-16-12-13-17(2)21(14-16)33(29,30)32-20-11-7-6-10-19(20)24(28)31-15-22(26)25-23(27)18-8-4-3-5-9-18/h6-7,10-14,18H,3-5,8-9,15H2,1-2H3,(H,25,26,27). The largest absolute Gasteiger partial charge is 0.452 e. The van der Waals surface area contributed by atoms with Gasteiger partial charge >= 0.3 is 16.1 Å². The molecule has 2 aromatic carbocycles. The Bertz CT molecular complexity index is 1150. The lowest BCUT2D eigenvalue weighted by atomic mass is 9.89. The number of hydrogen-bond donors (Lipinski definition) is 1. The summed E-state index contributed by atoms with van der Waals surface area (Å²) in [6, 6.07) is 10.6. The first-order chi connectivity index (χ1) is 15.7. The van der Waals surface area contributed by atoms with Crippen LogP contribution < -0.4 is 9.50 Å². The smallest absolute Gasteiger partial charge is 0.342 e. The molecule has 176 valence electrons. The Balaban J connectivity index is 1.65. The van der Waals surface area contributed by atoms with Crippen molar-refractivity contribution in [3.05, 3.63) is 59.2 Å². The minimum absolute atomic E-state index is 0.00808. The second-order valence-corrected chi connectivity index (χ2v) is 9.64. The van der Waals surface area contributed by atoms with E-state index >= 15 is 0 Å². The van der Waals surface area contributed by atoms with Gasteiger partial charge in [-0.2, -0.15) is 8.42 Å². The van der Waals surface area contributed by atoms with E-state index < -0.39 is 28.6 Å². The number of rotatable bonds is 7. The molecule has 2 aromatic rings. The van der Waals surface area contributed by atoms with Gasteiger partial charge < -0.3 is 8.92 Å². The first-order valence-corrected chi connectivity index (χ1v) is 12.2. The number of carbonyl (C=O) groups excluding carboxylic acids is 3. The first-order valence-electron chi connectivity index (χ1n) is 10.8. The number of nitrogens with one attached hydrogen (secondary N) is 1. The molecule has 0 aliphatic heterocycles. The minimum atomic E-state index is -4.21. The van der Waals surface area contributed by atoms with Crippen LogP contribution in [0.15, 0.2) is 47.4 Å². The number of aryl methyl sites for hydroxylation is 2. The van der Waals surface area contributed by atoms with E-state index in [-0.39, 0.29) is 28.0 Å². The van der Waals surface area contributed by atoms with Crippen molar-refractivity contribution in [2.24, 2.45) is 5.92 Å². The molecule has 0 bridgehead atoms. The van der Waals surface area contributed by atoms with Crippen LogP contribution in [0.25, 0.3) is 0 Å². The molecule has 0 radical (unpaired) electrons. The summed E-state index contributed by atoms with van der Waals surface area (Å²) >= 11 is 0. The predicted octanol–water partition coefficient (Wildman–Crippen LogP) is 3.45. The van der Waals surface area contributed by atoms with Crippen molar-refractivity contribution < 1.29 is 31.7 Å². The average molecular weight is 474 g/mol. The number of esters is 1. The van der Waals surface area contributed by atoms with E-state index in [0.29, 0.717) is 5.56 Å². The third-order valence-corrected chi connectivity index (χ3v) is 6.87. The molecule has 3 rings (SSSR count). The Morgan fingerprint density at radius 2 is 1.70 bits per heavy atom. The fourth-order valence-electron chi connectivity index (χ4n) is 3.70. The number of para-hydroxylation sites is 1. The van der Waals surface area contributed by atoms with Gasteiger partial charge in [-0.05, 0) is 56.0 Å². The van der Waals surface area contributed by atoms with Crippen LogP contribution in [0.3, 0.4) is 0 Å². The third-order valence-electron chi connectivity index (χ3n) is 5.49. The molecule has 1 aliphatic carbocycles. The van der Waals surface area contributed by atoms with Crippen molar-refractivity contribution >= 4 is 27.9 Å². The van der Waals surface area contributed by atoms with Gasteiger partial charge in [0, 0.05) is 5.92 Å². The van der Waals surface area contributed by atoms with Crippen LogP contribution in [0.2, 0.25) is 0 Å². The van der Waals surface area contributed by atoms with Crippen LogP contribution in [0.4, 0.5) is 0 Å². The summed E-state index contributed by atoms with van der Waals surface area (Å²) in [5.41, 5.74) is 1.09. The molecule has 0 aromatic heterocycles. The lowest BCUT2D eigenvalue weighted by molar-refractivity contribution is -0.135. The van der Waals surface area contributed by atoms with Gasteiger partial charge in [-0.1, -0.05) is 43.5 Å². The number of amides is 2. The summed E-state index contributed by atoms with van der Waals surface area (Å²) in [5, 5.41) is 2.26. The maximum Gasteiger partial charge on any atom is 0.342 e. The molecule has 1 N–H and O–H groups in total. The normalized spacial score (nSPS) is 14.4. The molecule has 0 heterocycles. The molecule has 0 atom stereocenters. The van der Waals surface area contributed by atoms with Crippen molar-refractivity contribution in [3.63, 3.8) is 0 Å². The molecule has 1 saturated carbocycles. The number of ether oxygens (including phenoxy) is 1. The molecule has 8 nitrogen and oxygen atoms in total. The van der Waals surface area contributed by atoms with E-state index in [1.807, 2.05) is 0 Å². The Morgan fingerprint density at radius 3 is 2.42 bits per heavy atom. The summed E-state index contributed by atoms with van der Waals surface area (Å²) < 4.78 is 35.9. The van der Waals surface area contributed by atoms with Gasteiger partial charge in [0.05, 0.1) is 0 Å². The van der Waals surface area contributed by atoms with Crippen LogP contribution in [-0.4, -0.2) is 32.8 Å². The molecule has 33 heavy (non-hydrogen) atoms. The SMILES string of the molecule is Cc1ccc(C)c(S(=O)(=O)Oc2ccccc2C(=O)OCC(=O)NC(=O)C2CCCCC2)c1. The average Bonchev–Trinajstić information content (AvgIpc) is 2.79. The van der Waals surface area contributed by atoms with Gasteiger partial charge in [-0.3, -0.25) is 14.9 Å². The number of hydrogen-bond acceptors (Lipinski definition) is 7. The maximum atomic E-state index is 12.8. The highest BCUT2D eigenvalue weighted by Crippen LogP contribution is 2.26. The van der Waals surface area contributed by atoms with E-state index in [2.05, 4.69) is 5.32 Å². The zero-order valence-electron chi connectivity index (χ0n) is 18.6. The summed E-state index contributed by atoms with van der Waals surface area (Å²) in [5.74, 6) is -2.47. The number of carbonyl (C=O) groups is 3. The number of imide groups is 1. The van der Waals surface area contributed by atoms with Gasteiger partial charge in [0.1, 0.15) is 10.5 Å². The van der Waals surface area contributed by atoms with Crippen LogP contribution in [0.1, 0.15) is 53.6 Å². The highest BCUT2D eigenvalue weighted by Gasteiger charge is 2.25. The number of benzene rings is 2. The van der Waals surface area contributed by atoms with Gasteiger partial charge in [-0.15, -0.1) is 0 Å². The van der Waals surface area contributed by atoms with Crippen molar-refractivity contribution in [1.82, 2.24) is 5.32 Å². The molecule has 1 aliphatic rings. The van der Waals surface area contributed by atoms with Crippen LogP contribution in [0, 0.1) is 19.8 Å². The molecule has 0 unspecified atom stereocenters. The van der Waals surface area contributed by atoms with Gasteiger partial charge in [0.15, 0.2) is 12.4 Å². The zero-order valence-corrected chi connectivity index (χ0v) is 19.4. The summed E-state index contributed by atoms with van der Waals surface area (Å²) in [6.07, 6.45) is 4.44. The lowest BCUT2D eigenvalue weighted by Gasteiger charge is -2.20. The maximum absolute atomic E-state index is 12.8. The van der Waals surface area contributed by atoms with E-state index in [1.165, 1.54) is 30.3 Å². The first kappa shape index (κ1) is 24.4. The van der Waals surface area contributed by atoms with E-state index in [0.717, 1.165) is 37.7 Å². The van der Waals surface area contributed by atoms with E-state index in [1.54, 1.807) is 26.0 Å². The molecule has 2 amide bonds. The molecule has 9 heteroatoms. The zero-order chi connectivity index (χ0) is 24.0. The Hall–Kier alpha value is -3.20. The van der Waals surface area contributed by atoms with Crippen molar-refractivity contribution in [2.75, 3.05) is 6.61 Å². The Kier molecular flexibility index (Phi) is 7.86. The van der Waals surface area contributed by atoms with Gasteiger partial charge in [0.25, 0.3) is 5.91 Å². The summed E-state index contributed by atoms with van der Waals surface area (Å²) in [4.78, 5) is 36.8. The van der Waals surface area contributed by atoms with Crippen LogP contribution in [0.5, 0.6) is 5.75 Å². The predicted molar refractivity (Wildman–Crippen MR) is 120 cm³/mol. The molecular weight excluding hydrogens is 446 g/mol. The van der Waals surface area contributed by atoms with Crippen LogP contribution >= 0.6 is 0 Å². The van der Waals surface area contributed by atoms with Crippen molar-refractivity contribution in [1.29, 1.82) is 0 Å². The fourth-order valence-corrected chi connectivity index (χ4v) is 4.96. The monoisotopic (exact) mass is 473 g/mol. The van der Waals surface area contributed by atoms with Gasteiger partial charge in [0.2, 0.25) is 5.91 Å². The highest BCUT2D eigenvalue weighted by atomic mass is 32.2. The topological polar surface area (TPSA) is 116 Å². The quantitative estimate of drug-likeness (QED) is 0.484. The van der Waals surface area contributed by atoms with Crippen molar-refractivity contribution in [3.8, 4) is 5.75 Å². The van der Waals surface area contributed by atoms with E-state index in [9.17, 15) is 22.8 Å². The second-order valence-electron chi connectivity index (χ2n) is 8.13. The van der Waals surface area contributed by atoms with Crippen molar-refractivity contribution in [2.45, 2.75) is 50.8 Å². The van der Waals surface area contributed by atoms with E-state index in [4.69, 9.17) is 8.92 Å². The summed E-state index contributed by atoms with van der Waals surface area (Å²) in [6.45, 7) is 2.73. The second kappa shape index (κ2) is 10.6. The molecule has 0 spiro atoms. The highest BCUT2D eigenvalue weighted by molar-refractivity contribution is 7.87. The molecule has 1 fully saturated rings. The fraction of sp³-hybridized carbons (Fsp3) is 0.375. The third kappa shape index (κ3) is 6.41. The summed E-state index contributed by atoms with van der Waals surface area (Å²) in [7, 11) is -4.21. The lowest BCUT2D eigenvalue weighted by Crippen LogP contribution is -2.38. The van der Waals surface area contributed by atoms with Crippen LogP contribution in [-0.2, 0) is 24.4 Å². The minimum Gasteiger partial charge on any atom is -0.452 e. The molecule has 0 saturated heterocycles.